The molecular weight excluding hydrogens is 385 g/mol. The minimum atomic E-state index is -0.294. The molecule has 0 aliphatic heterocycles. The number of para-hydroxylation sites is 1. The molecule has 0 fully saturated rings. The number of benzene rings is 2. The predicted molar refractivity (Wildman–Crippen MR) is 119 cm³/mol. The second-order valence-electron chi connectivity index (χ2n) is 6.99. The lowest BCUT2D eigenvalue weighted by atomic mass is 10.1. The van der Waals surface area contributed by atoms with Crippen molar-refractivity contribution in [3.63, 3.8) is 0 Å². The van der Waals surface area contributed by atoms with Gasteiger partial charge in [0, 0.05) is 13.1 Å². The Morgan fingerprint density at radius 2 is 1.76 bits per heavy atom. The van der Waals surface area contributed by atoms with E-state index in [-0.39, 0.29) is 18.1 Å². The summed E-state index contributed by atoms with van der Waals surface area (Å²) >= 11 is 1.56. The van der Waals surface area contributed by atoms with Crippen molar-refractivity contribution in [3.05, 3.63) is 59.4 Å². The van der Waals surface area contributed by atoms with E-state index in [0.717, 1.165) is 47.0 Å². The highest BCUT2D eigenvalue weighted by molar-refractivity contribution is 7.22. The van der Waals surface area contributed by atoms with Gasteiger partial charge in [0.25, 0.3) is 0 Å². The smallest absolute Gasteiger partial charge is 0.233 e. The monoisotopic (exact) mass is 413 g/mol. The Hall–Kier alpha value is -2.31. The van der Waals surface area contributed by atoms with Crippen molar-refractivity contribution < 1.29 is 9.18 Å². The second-order valence-corrected chi connectivity index (χ2v) is 8.00. The normalized spacial score (nSPS) is 11.3. The van der Waals surface area contributed by atoms with Crippen molar-refractivity contribution in [1.82, 2.24) is 9.88 Å². The third kappa shape index (κ3) is 5.19. The van der Waals surface area contributed by atoms with Crippen LogP contribution < -0.4 is 4.90 Å². The van der Waals surface area contributed by atoms with Crippen LogP contribution in [0, 0.1) is 5.82 Å². The average Bonchev–Trinajstić information content (AvgIpc) is 3.16. The van der Waals surface area contributed by atoms with Crippen molar-refractivity contribution in [2.24, 2.45) is 0 Å². The van der Waals surface area contributed by atoms with Gasteiger partial charge in [0.2, 0.25) is 5.91 Å². The van der Waals surface area contributed by atoms with Gasteiger partial charge in [0.15, 0.2) is 5.13 Å². The van der Waals surface area contributed by atoms with Crippen LogP contribution in [0.1, 0.15) is 31.9 Å². The molecule has 4 nitrogen and oxygen atoms in total. The van der Waals surface area contributed by atoms with Crippen molar-refractivity contribution >= 4 is 32.6 Å². The predicted octanol–water partition coefficient (Wildman–Crippen LogP) is 4.92. The summed E-state index contributed by atoms with van der Waals surface area (Å²) in [4.78, 5) is 22.1. The van der Waals surface area contributed by atoms with Crippen LogP contribution in [0.4, 0.5) is 9.52 Å². The summed E-state index contributed by atoms with van der Waals surface area (Å²) in [6.45, 7) is 9.62. The number of fused-ring (bicyclic) bond motifs is 1. The fourth-order valence-electron chi connectivity index (χ4n) is 3.38. The highest BCUT2D eigenvalue weighted by Crippen LogP contribution is 2.31. The van der Waals surface area contributed by atoms with Crippen LogP contribution in [-0.2, 0) is 17.6 Å². The molecule has 0 saturated carbocycles. The number of carbonyl (C=O) groups is 1. The van der Waals surface area contributed by atoms with Gasteiger partial charge in [-0.15, -0.1) is 0 Å². The maximum absolute atomic E-state index is 13.2. The molecule has 0 aliphatic carbocycles. The van der Waals surface area contributed by atoms with E-state index >= 15 is 0 Å². The molecule has 1 heterocycles. The van der Waals surface area contributed by atoms with E-state index in [1.165, 1.54) is 17.7 Å². The van der Waals surface area contributed by atoms with Crippen molar-refractivity contribution in [2.45, 2.75) is 33.6 Å². The summed E-state index contributed by atoms with van der Waals surface area (Å²) in [6, 6.07) is 12.3. The quantitative estimate of drug-likeness (QED) is 0.500. The summed E-state index contributed by atoms with van der Waals surface area (Å²) in [5.41, 5.74) is 2.98. The lowest BCUT2D eigenvalue weighted by molar-refractivity contribution is -0.118. The number of amides is 1. The SMILES string of the molecule is CCc1cccc2sc(N(CCN(CC)CC)C(=O)Cc3ccc(F)cc3)nc12. The van der Waals surface area contributed by atoms with Crippen LogP contribution >= 0.6 is 11.3 Å². The van der Waals surface area contributed by atoms with Gasteiger partial charge < -0.3 is 4.90 Å². The molecule has 0 spiro atoms. The van der Waals surface area contributed by atoms with Gasteiger partial charge in [-0.3, -0.25) is 9.69 Å². The molecule has 0 aliphatic rings. The van der Waals surface area contributed by atoms with Gasteiger partial charge in [0.1, 0.15) is 5.82 Å². The first kappa shape index (κ1) is 21.4. The standard InChI is InChI=1S/C23H28FN3OS/c1-4-18-8-7-9-20-22(18)25-23(29-20)27(15-14-26(5-2)6-3)21(28)16-17-10-12-19(24)13-11-17/h7-13H,4-6,14-16H2,1-3H3. The molecule has 2 aromatic carbocycles. The van der Waals surface area contributed by atoms with Crippen LogP contribution in [0.2, 0.25) is 0 Å². The Labute approximate surface area is 176 Å². The Morgan fingerprint density at radius 3 is 2.41 bits per heavy atom. The lowest BCUT2D eigenvalue weighted by Gasteiger charge is -2.24. The molecule has 154 valence electrons. The minimum Gasteiger partial charge on any atom is -0.302 e. The molecule has 0 unspecified atom stereocenters. The van der Waals surface area contributed by atoms with E-state index in [1.54, 1.807) is 28.4 Å². The fourth-order valence-corrected chi connectivity index (χ4v) is 4.43. The summed E-state index contributed by atoms with van der Waals surface area (Å²) in [5.74, 6) is -0.307. The number of aromatic nitrogens is 1. The topological polar surface area (TPSA) is 36.4 Å². The van der Waals surface area contributed by atoms with Crippen LogP contribution in [-0.4, -0.2) is 42.0 Å². The van der Waals surface area contributed by atoms with E-state index < -0.39 is 0 Å². The Bertz CT molecular complexity index is 950. The van der Waals surface area contributed by atoms with Crippen LogP contribution in [0.15, 0.2) is 42.5 Å². The molecule has 0 radical (unpaired) electrons. The number of halogens is 1. The zero-order valence-electron chi connectivity index (χ0n) is 17.3. The third-order valence-electron chi connectivity index (χ3n) is 5.21. The molecule has 0 bridgehead atoms. The molecule has 0 saturated heterocycles. The number of aryl methyl sites for hydroxylation is 1. The number of nitrogens with zero attached hydrogens (tertiary/aromatic N) is 3. The highest BCUT2D eigenvalue weighted by atomic mass is 32.1. The van der Waals surface area contributed by atoms with Crippen molar-refractivity contribution in [2.75, 3.05) is 31.1 Å². The first-order valence-corrected chi connectivity index (χ1v) is 11.0. The van der Waals surface area contributed by atoms with E-state index in [9.17, 15) is 9.18 Å². The summed E-state index contributed by atoms with van der Waals surface area (Å²) in [7, 11) is 0. The molecule has 3 aromatic rings. The number of likely N-dealkylation sites (N-methyl/N-ethyl adjacent to an activating group) is 1. The first-order valence-electron chi connectivity index (χ1n) is 10.2. The van der Waals surface area contributed by atoms with Gasteiger partial charge in [-0.25, -0.2) is 9.37 Å². The van der Waals surface area contributed by atoms with Crippen LogP contribution in [0.5, 0.6) is 0 Å². The number of thiazole rings is 1. The van der Waals surface area contributed by atoms with Gasteiger partial charge in [0.05, 0.1) is 16.6 Å². The Morgan fingerprint density at radius 1 is 1.03 bits per heavy atom. The molecule has 1 amide bonds. The average molecular weight is 414 g/mol. The molecule has 1 aromatic heterocycles. The van der Waals surface area contributed by atoms with Crippen LogP contribution in [0.3, 0.4) is 0 Å². The summed E-state index contributed by atoms with van der Waals surface area (Å²) in [6.07, 6.45) is 1.14. The van der Waals surface area contributed by atoms with Gasteiger partial charge in [-0.05, 0) is 48.8 Å². The fraction of sp³-hybridized carbons (Fsp3) is 0.391. The molecule has 3 rings (SSSR count). The van der Waals surface area contributed by atoms with Gasteiger partial charge in [-0.1, -0.05) is 56.4 Å². The maximum atomic E-state index is 13.2. The molecular formula is C23H28FN3OS. The maximum Gasteiger partial charge on any atom is 0.233 e. The minimum absolute atomic E-state index is 0.0131. The number of hydrogen-bond acceptors (Lipinski definition) is 4. The highest BCUT2D eigenvalue weighted by Gasteiger charge is 2.21. The Kier molecular flexibility index (Phi) is 7.34. The van der Waals surface area contributed by atoms with Gasteiger partial charge in [-0.2, -0.15) is 0 Å². The molecule has 6 heteroatoms. The van der Waals surface area contributed by atoms with Crippen LogP contribution in [0.25, 0.3) is 10.2 Å². The third-order valence-corrected chi connectivity index (χ3v) is 6.25. The molecule has 0 N–H and O–H groups in total. The first-order chi connectivity index (χ1) is 14.0. The van der Waals surface area contributed by atoms with Gasteiger partial charge >= 0.3 is 0 Å². The summed E-state index contributed by atoms with van der Waals surface area (Å²) < 4.78 is 14.3. The van der Waals surface area contributed by atoms with E-state index in [2.05, 4.69) is 37.8 Å². The number of rotatable bonds is 9. The molecule has 0 atom stereocenters. The van der Waals surface area contributed by atoms with E-state index in [4.69, 9.17) is 4.98 Å². The number of hydrogen-bond donors (Lipinski definition) is 0. The number of carbonyl (C=O) groups excluding carboxylic acids is 1. The Balaban J connectivity index is 1.89. The van der Waals surface area contributed by atoms with Crippen molar-refractivity contribution in [3.8, 4) is 0 Å². The zero-order valence-corrected chi connectivity index (χ0v) is 18.1. The number of anilines is 1. The zero-order chi connectivity index (χ0) is 20.8. The van der Waals surface area contributed by atoms with Crippen molar-refractivity contribution in [1.29, 1.82) is 0 Å². The lowest BCUT2D eigenvalue weighted by Crippen LogP contribution is -2.39. The second kappa shape index (κ2) is 9.94. The molecule has 29 heavy (non-hydrogen) atoms. The largest absolute Gasteiger partial charge is 0.302 e. The summed E-state index contributed by atoms with van der Waals surface area (Å²) in [5, 5.41) is 0.736. The van der Waals surface area contributed by atoms with E-state index in [0.29, 0.717) is 6.54 Å². The van der Waals surface area contributed by atoms with E-state index in [1.807, 2.05) is 6.07 Å².